The van der Waals surface area contributed by atoms with Gasteiger partial charge in [0, 0.05) is 19.0 Å². The fourth-order valence-electron chi connectivity index (χ4n) is 2.53. The molecular weight excluding hydrogens is 297 g/mol. The Labute approximate surface area is 136 Å². The van der Waals surface area contributed by atoms with Gasteiger partial charge in [-0.1, -0.05) is 19.1 Å². The molecule has 2 N–H and O–H groups in total. The first kappa shape index (κ1) is 17.4. The molecule has 1 heterocycles. The average Bonchev–Trinajstić information content (AvgIpc) is 2.49. The number of hydrogen-bond donors (Lipinski definition) is 2. The topological polar surface area (TPSA) is 61.4 Å². The molecule has 0 saturated carbocycles. The van der Waals surface area contributed by atoms with Gasteiger partial charge >= 0.3 is 0 Å². The zero-order valence-corrected chi connectivity index (χ0v) is 13.6. The summed E-state index contributed by atoms with van der Waals surface area (Å²) in [5, 5.41) is 5.93. The number of likely N-dealkylation sites (N-methyl/N-ethyl adjacent to an activating group) is 1. The summed E-state index contributed by atoms with van der Waals surface area (Å²) in [5.41, 5.74) is 0.822. The van der Waals surface area contributed by atoms with E-state index in [4.69, 9.17) is 0 Å². The Balaban J connectivity index is 1.81. The first-order valence-electron chi connectivity index (χ1n) is 8.02. The fourth-order valence-corrected chi connectivity index (χ4v) is 2.53. The summed E-state index contributed by atoms with van der Waals surface area (Å²) < 4.78 is 12.8. The van der Waals surface area contributed by atoms with Crippen LogP contribution in [0, 0.1) is 17.7 Å². The van der Waals surface area contributed by atoms with Crippen molar-refractivity contribution in [1.82, 2.24) is 15.5 Å². The van der Waals surface area contributed by atoms with Gasteiger partial charge in [0.2, 0.25) is 11.8 Å². The van der Waals surface area contributed by atoms with Gasteiger partial charge in [-0.25, -0.2) is 4.39 Å². The molecule has 1 unspecified atom stereocenters. The van der Waals surface area contributed by atoms with Crippen LogP contribution in [0.4, 0.5) is 4.39 Å². The smallest absolute Gasteiger partial charge is 0.239 e. The van der Waals surface area contributed by atoms with Crippen molar-refractivity contribution in [3.63, 3.8) is 0 Å². The van der Waals surface area contributed by atoms with Crippen molar-refractivity contribution < 1.29 is 14.0 Å². The van der Waals surface area contributed by atoms with Crippen molar-refractivity contribution in [3.8, 4) is 0 Å². The second-order valence-corrected chi connectivity index (χ2v) is 5.96. The summed E-state index contributed by atoms with van der Waals surface area (Å²) in [5.74, 6) is -0.193. The molecule has 1 aromatic rings. The van der Waals surface area contributed by atoms with E-state index in [2.05, 4.69) is 10.6 Å². The van der Waals surface area contributed by atoms with Gasteiger partial charge in [0.05, 0.1) is 6.54 Å². The van der Waals surface area contributed by atoms with E-state index in [1.807, 2.05) is 13.8 Å². The minimum absolute atomic E-state index is 0.0240. The lowest BCUT2D eigenvalue weighted by Crippen LogP contribution is -2.51. The minimum atomic E-state index is -0.303. The van der Waals surface area contributed by atoms with E-state index in [1.165, 1.54) is 12.1 Å². The van der Waals surface area contributed by atoms with Crippen LogP contribution in [0.15, 0.2) is 24.3 Å². The number of halogens is 1. The van der Waals surface area contributed by atoms with Gasteiger partial charge in [0.25, 0.3) is 0 Å². The van der Waals surface area contributed by atoms with Crippen molar-refractivity contribution >= 4 is 11.8 Å². The molecule has 2 rings (SSSR count). The molecule has 0 spiro atoms. The van der Waals surface area contributed by atoms with E-state index in [-0.39, 0.29) is 30.1 Å². The van der Waals surface area contributed by atoms with Crippen molar-refractivity contribution in [2.24, 2.45) is 11.8 Å². The maximum absolute atomic E-state index is 12.8. The van der Waals surface area contributed by atoms with Gasteiger partial charge in [-0.05, 0) is 43.6 Å². The Kier molecular flexibility index (Phi) is 6.10. The third-order valence-electron chi connectivity index (χ3n) is 4.34. The fraction of sp³-hybridized carbons (Fsp3) is 0.529. The van der Waals surface area contributed by atoms with Gasteiger partial charge in [-0.2, -0.15) is 0 Å². The Hall–Kier alpha value is -1.95. The SMILES string of the molecule is CCN(CC(=O)NCc1ccc(F)cc1)C(=O)C(C)C1CNC1. The van der Waals surface area contributed by atoms with Gasteiger partial charge in [0.1, 0.15) is 5.82 Å². The third-order valence-corrected chi connectivity index (χ3v) is 4.34. The Morgan fingerprint density at radius 3 is 2.52 bits per heavy atom. The Morgan fingerprint density at radius 2 is 2.00 bits per heavy atom. The van der Waals surface area contributed by atoms with Crippen LogP contribution in [0.5, 0.6) is 0 Å². The summed E-state index contributed by atoms with van der Waals surface area (Å²) >= 11 is 0. The first-order chi connectivity index (χ1) is 11.0. The summed E-state index contributed by atoms with van der Waals surface area (Å²) in [6.45, 7) is 6.41. The van der Waals surface area contributed by atoms with Crippen LogP contribution >= 0.6 is 0 Å². The lowest BCUT2D eigenvalue weighted by Gasteiger charge is -2.34. The molecule has 1 aromatic carbocycles. The number of carbonyl (C=O) groups excluding carboxylic acids is 2. The molecule has 6 heteroatoms. The molecule has 5 nitrogen and oxygen atoms in total. The molecule has 0 aromatic heterocycles. The highest BCUT2D eigenvalue weighted by molar-refractivity contribution is 5.86. The van der Waals surface area contributed by atoms with Crippen molar-refractivity contribution in [2.75, 3.05) is 26.2 Å². The van der Waals surface area contributed by atoms with Gasteiger partial charge in [-0.3, -0.25) is 9.59 Å². The Bertz CT molecular complexity index is 543. The monoisotopic (exact) mass is 321 g/mol. The molecule has 0 aliphatic carbocycles. The predicted octanol–water partition coefficient (Wildman–Crippen LogP) is 1.15. The highest BCUT2D eigenvalue weighted by Gasteiger charge is 2.31. The van der Waals surface area contributed by atoms with Gasteiger partial charge in [-0.15, -0.1) is 0 Å². The molecule has 23 heavy (non-hydrogen) atoms. The maximum atomic E-state index is 12.8. The summed E-state index contributed by atoms with van der Waals surface area (Å²) in [7, 11) is 0. The third kappa shape index (κ3) is 4.76. The molecule has 2 amide bonds. The highest BCUT2D eigenvalue weighted by atomic mass is 19.1. The van der Waals surface area contributed by atoms with Crippen LogP contribution in [0.25, 0.3) is 0 Å². The van der Waals surface area contributed by atoms with Gasteiger partial charge in [0.15, 0.2) is 0 Å². The lowest BCUT2D eigenvalue weighted by molar-refractivity contribution is -0.140. The Morgan fingerprint density at radius 1 is 1.35 bits per heavy atom. The molecule has 1 aliphatic rings. The second-order valence-electron chi connectivity index (χ2n) is 5.96. The van der Waals surface area contributed by atoms with E-state index in [9.17, 15) is 14.0 Å². The number of amides is 2. The first-order valence-corrected chi connectivity index (χ1v) is 8.02. The minimum Gasteiger partial charge on any atom is -0.350 e. The number of carbonyl (C=O) groups is 2. The predicted molar refractivity (Wildman–Crippen MR) is 86.0 cm³/mol. The molecule has 0 bridgehead atoms. The number of nitrogens with zero attached hydrogens (tertiary/aromatic N) is 1. The molecule has 126 valence electrons. The average molecular weight is 321 g/mol. The molecular formula is C17H24FN3O2. The standard InChI is InChI=1S/C17H24FN3O2/c1-3-21(17(23)12(2)14-9-19-10-14)11-16(22)20-8-13-4-6-15(18)7-5-13/h4-7,12,14,19H,3,8-11H2,1-2H3,(H,20,22). The molecule has 1 fully saturated rings. The van der Waals surface area contributed by atoms with Crippen molar-refractivity contribution in [1.29, 1.82) is 0 Å². The van der Waals surface area contributed by atoms with E-state index in [0.717, 1.165) is 18.7 Å². The van der Waals surface area contributed by atoms with Crippen LogP contribution in [-0.4, -0.2) is 42.9 Å². The quantitative estimate of drug-likeness (QED) is 0.792. The van der Waals surface area contributed by atoms with E-state index >= 15 is 0 Å². The highest BCUT2D eigenvalue weighted by Crippen LogP contribution is 2.18. The number of rotatable bonds is 7. The summed E-state index contributed by atoms with van der Waals surface area (Å²) in [6, 6.07) is 5.98. The zero-order chi connectivity index (χ0) is 16.8. The summed E-state index contributed by atoms with van der Waals surface area (Å²) in [6.07, 6.45) is 0. The largest absolute Gasteiger partial charge is 0.350 e. The molecule has 1 atom stereocenters. The molecule has 0 radical (unpaired) electrons. The van der Waals surface area contributed by atoms with Crippen molar-refractivity contribution in [3.05, 3.63) is 35.6 Å². The van der Waals surface area contributed by atoms with Gasteiger partial charge < -0.3 is 15.5 Å². The molecule has 1 aliphatic heterocycles. The number of hydrogen-bond acceptors (Lipinski definition) is 3. The summed E-state index contributed by atoms with van der Waals surface area (Å²) in [4.78, 5) is 26.1. The maximum Gasteiger partial charge on any atom is 0.239 e. The van der Waals surface area contributed by atoms with Crippen LogP contribution in [0.3, 0.4) is 0 Å². The van der Waals surface area contributed by atoms with E-state index in [1.54, 1.807) is 17.0 Å². The van der Waals surface area contributed by atoms with Crippen LogP contribution in [0.2, 0.25) is 0 Å². The second kappa shape index (κ2) is 8.06. The molecule has 1 saturated heterocycles. The van der Waals surface area contributed by atoms with Crippen LogP contribution in [-0.2, 0) is 16.1 Å². The number of nitrogens with one attached hydrogen (secondary N) is 2. The zero-order valence-electron chi connectivity index (χ0n) is 13.6. The normalized spacial score (nSPS) is 15.6. The van der Waals surface area contributed by atoms with Crippen LogP contribution < -0.4 is 10.6 Å². The van der Waals surface area contributed by atoms with E-state index < -0.39 is 0 Å². The number of benzene rings is 1. The van der Waals surface area contributed by atoms with Crippen LogP contribution in [0.1, 0.15) is 19.4 Å². The van der Waals surface area contributed by atoms with Crippen molar-refractivity contribution in [2.45, 2.75) is 20.4 Å². The lowest BCUT2D eigenvalue weighted by atomic mass is 9.88. The van der Waals surface area contributed by atoms with E-state index in [0.29, 0.717) is 19.0 Å².